The lowest BCUT2D eigenvalue weighted by Gasteiger charge is -2.37. The quantitative estimate of drug-likeness (QED) is 0.690. The first-order valence-electron chi connectivity index (χ1n) is 7.37. The fourth-order valence-electron chi connectivity index (χ4n) is 2.69. The van der Waals surface area contributed by atoms with E-state index in [0.717, 1.165) is 43.0 Å². The Balaban J connectivity index is 0.00000288. The Bertz CT molecular complexity index is 601. The number of alkyl halides is 2. The van der Waals surface area contributed by atoms with Crippen molar-refractivity contribution in [3.05, 3.63) is 12.4 Å². The number of piperidine rings is 1. The summed E-state index contributed by atoms with van der Waals surface area (Å²) in [5.74, 6) is 0. The molecule has 1 saturated heterocycles. The van der Waals surface area contributed by atoms with Crippen molar-refractivity contribution in [1.82, 2.24) is 19.8 Å². The number of nitrogens with one attached hydrogen (secondary N) is 2. The molecule has 0 unspecified atom stereocenters. The molecule has 0 radical (unpaired) electrons. The number of rotatable bonds is 8. The predicted octanol–water partition coefficient (Wildman–Crippen LogP) is 0.864. The monoisotopic (exact) mass is 388 g/mol. The summed E-state index contributed by atoms with van der Waals surface area (Å²) in [7, 11) is -2.20. The van der Waals surface area contributed by atoms with Gasteiger partial charge in [-0.2, -0.15) is 5.10 Å². The van der Waals surface area contributed by atoms with Crippen LogP contribution in [0.15, 0.2) is 17.3 Å². The van der Waals surface area contributed by atoms with Gasteiger partial charge < -0.3 is 10.1 Å². The average molecular weight is 389 g/mol. The van der Waals surface area contributed by atoms with Crippen LogP contribution in [0, 0.1) is 5.41 Å². The Morgan fingerprint density at radius 3 is 2.71 bits per heavy atom. The Hall–Kier alpha value is -0.810. The van der Waals surface area contributed by atoms with Gasteiger partial charge in [-0.05, 0) is 25.9 Å². The van der Waals surface area contributed by atoms with Crippen LogP contribution in [0.3, 0.4) is 0 Å². The van der Waals surface area contributed by atoms with E-state index in [2.05, 4.69) is 15.1 Å². The van der Waals surface area contributed by atoms with Gasteiger partial charge >= 0.3 is 0 Å². The zero-order chi connectivity index (χ0) is 16.9. The van der Waals surface area contributed by atoms with Crippen molar-refractivity contribution < 1.29 is 21.9 Å². The van der Waals surface area contributed by atoms with Crippen LogP contribution < -0.4 is 10.0 Å². The Kier molecular flexibility index (Phi) is 8.00. The number of aromatic nitrogens is 2. The van der Waals surface area contributed by atoms with Crippen molar-refractivity contribution in [2.24, 2.45) is 5.41 Å². The molecular weight excluding hydrogens is 366 g/mol. The first-order valence-corrected chi connectivity index (χ1v) is 8.85. The summed E-state index contributed by atoms with van der Waals surface area (Å²) in [5, 5.41) is 6.88. The molecule has 0 saturated carbocycles. The van der Waals surface area contributed by atoms with Crippen LogP contribution in [0.5, 0.6) is 0 Å². The van der Waals surface area contributed by atoms with E-state index in [-0.39, 0.29) is 29.3 Å². The van der Waals surface area contributed by atoms with E-state index in [9.17, 15) is 17.2 Å². The number of methoxy groups -OCH3 is 1. The largest absolute Gasteiger partial charge is 0.384 e. The highest BCUT2D eigenvalue weighted by atomic mass is 35.5. The SMILES string of the molecule is COCC1(CNS(=O)(=O)c2cnn(CC(F)F)c2)CCNCC1.Cl. The molecule has 11 heteroatoms. The lowest BCUT2D eigenvalue weighted by atomic mass is 9.80. The van der Waals surface area contributed by atoms with Gasteiger partial charge in [0, 0.05) is 25.3 Å². The van der Waals surface area contributed by atoms with Crippen LogP contribution in [0.4, 0.5) is 8.78 Å². The molecule has 0 amide bonds. The van der Waals surface area contributed by atoms with Crippen molar-refractivity contribution in [2.75, 3.05) is 33.4 Å². The molecule has 1 aliphatic heterocycles. The van der Waals surface area contributed by atoms with Crippen LogP contribution >= 0.6 is 12.4 Å². The van der Waals surface area contributed by atoms with Gasteiger partial charge in [-0.3, -0.25) is 4.68 Å². The van der Waals surface area contributed by atoms with Crippen LogP contribution in [0.25, 0.3) is 0 Å². The highest BCUT2D eigenvalue weighted by Crippen LogP contribution is 2.28. The summed E-state index contributed by atoms with van der Waals surface area (Å²) in [5.41, 5.74) is -0.258. The predicted molar refractivity (Wildman–Crippen MR) is 87.1 cm³/mol. The Labute approximate surface area is 146 Å². The van der Waals surface area contributed by atoms with Crippen LogP contribution in [0.2, 0.25) is 0 Å². The normalized spacial score (nSPS) is 17.7. The third-order valence-corrected chi connectivity index (χ3v) is 5.35. The summed E-state index contributed by atoms with van der Waals surface area (Å²) in [6, 6.07) is 0. The van der Waals surface area contributed by atoms with Crippen molar-refractivity contribution >= 4 is 22.4 Å². The van der Waals surface area contributed by atoms with Gasteiger partial charge in [-0.25, -0.2) is 21.9 Å². The van der Waals surface area contributed by atoms with E-state index in [1.54, 1.807) is 7.11 Å². The minimum Gasteiger partial charge on any atom is -0.384 e. The molecule has 24 heavy (non-hydrogen) atoms. The van der Waals surface area contributed by atoms with E-state index in [0.29, 0.717) is 6.61 Å². The second-order valence-electron chi connectivity index (χ2n) is 5.80. The molecule has 7 nitrogen and oxygen atoms in total. The number of ether oxygens (including phenoxy) is 1. The fourth-order valence-corrected chi connectivity index (χ4v) is 3.80. The molecule has 1 aromatic heterocycles. The Morgan fingerprint density at radius 2 is 2.12 bits per heavy atom. The van der Waals surface area contributed by atoms with Gasteiger partial charge in [-0.1, -0.05) is 0 Å². The fraction of sp³-hybridized carbons (Fsp3) is 0.769. The summed E-state index contributed by atoms with van der Waals surface area (Å²) in [6.45, 7) is 1.68. The molecule has 0 aromatic carbocycles. The average Bonchev–Trinajstić information content (AvgIpc) is 2.95. The first kappa shape index (κ1) is 21.2. The molecular formula is C13H23ClF2N4O3S. The highest BCUT2D eigenvalue weighted by molar-refractivity contribution is 7.89. The molecule has 1 aromatic rings. The summed E-state index contributed by atoms with van der Waals surface area (Å²) in [6.07, 6.45) is 1.20. The van der Waals surface area contributed by atoms with Gasteiger partial charge in [0.05, 0.1) is 12.8 Å². The second kappa shape index (κ2) is 9.04. The summed E-state index contributed by atoms with van der Waals surface area (Å²) in [4.78, 5) is -0.111. The maximum Gasteiger partial charge on any atom is 0.257 e. The Morgan fingerprint density at radius 1 is 1.46 bits per heavy atom. The summed E-state index contributed by atoms with van der Waals surface area (Å²) < 4.78 is 58.0. The lowest BCUT2D eigenvalue weighted by Crippen LogP contribution is -2.47. The number of sulfonamides is 1. The zero-order valence-electron chi connectivity index (χ0n) is 13.4. The molecule has 1 aliphatic rings. The van der Waals surface area contributed by atoms with E-state index in [1.165, 1.54) is 0 Å². The van der Waals surface area contributed by atoms with Crippen molar-refractivity contribution in [1.29, 1.82) is 0 Å². The third kappa shape index (κ3) is 5.62. The van der Waals surface area contributed by atoms with E-state index in [1.807, 2.05) is 0 Å². The van der Waals surface area contributed by atoms with E-state index >= 15 is 0 Å². The molecule has 1 fully saturated rings. The zero-order valence-corrected chi connectivity index (χ0v) is 15.0. The minimum atomic E-state index is -3.79. The third-order valence-electron chi connectivity index (χ3n) is 4.00. The highest BCUT2D eigenvalue weighted by Gasteiger charge is 2.33. The van der Waals surface area contributed by atoms with Crippen molar-refractivity contribution in [2.45, 2.75) is 30.7 Å². The maximum atomic E-state index is 12.3. The van der Waals surface area contributed by atoms with E-state index in [4.69, 9.17) is 4.74 Å². The second-order valence-corrected chi connectivity index (χ2v) is 7.56. The van der Waals surface area contributed by atoms with Gasteiger partial charge in [0.1, 0.15) is 11.4 Å². The van der Waals surface area contributed by atoms with Crippen molar-refractivity contribution in [3.8, 4) is 0 Å². The molecule has 0 bridgehead atoms. The van der Waals surface area contributed by atoms with Gasteiger partial charge in [0.25, 0.3) is 6.43 Å². The van der Waals surface area contributed by atoms with Crippen molar-refractivity contribution in [3.63, 3.8) is 0 Å². The molecule has 2 N–H and O–H groups in total. The van der Waals surface area contributed by atoms with Crippen LogP contribution in [0.1, 0.15) is 12.8 Å². The summed E-state index contributed by atoms with van der Waals surface area (Å²) >= 11 is 0. The molecule has 2 rings (SSSR count). The number of hydrogen-bond donors (Lipinski definition) is 2. The molecule has 0 spiro atoms. The molecule has 0 aliphatic carbocycles. The standard InChI is InChI=1S/C13H22F2N4O3S.ClH/c1-22-10-13(2-4-16-5-3-13)9-18-23(20,21)11-6-17-19(7-11)8-12(14)15;/h6-7,12,16,18H,2-5,8-10H2,1H3;1H. The lowest BCUT2D eigenvalue weighted by molar-refractivity contribution is 0.0577. The van der Waals surface area contributed by atoms with Crippen LogP contribution in [-0.4, -0.2) is 58.0 Å². The van der Waals surface area contributed by atoms with Gasteiger partial charge in [0.15, 0.2) is 0 Å². The number of hydrogen-bond acceptors (Lipinski definition) is 5. The smallest absolute Gasteiger partial charge is 0.257 e. The van der Waals surface area contributed by atoms with Gasteiger partial charge in [0.2, 0.25) is 10.0 Å². The van der Waals surface area contributed by atoms with Crippen LogP contribution in [-0.2, 0) is 21.3 Å². The van der Waals surface area contributed by atoms with Gasteiger partial charge in [-0.15, -0.1) is 12.4 Å². The topological polar surface area (TPSA) is 85.2 Å². The molecule has 2 heterocycles. The van der Waals surface area contributed by atoms with E-state index < -0.39 is 23.0 Å². The maximum absolute atomic E-state index is 12.3. The molecule has 0 atom stereocenters. The number of halogens is 3. The first-order chi connectivity index (χ1) is 10.9. The number of nitrogens with zero attached hydrogens (tertiary/aromatic N) is 2. The minimum absolute atomic E-state index is 0. The molecule has 140 valence electrons.